The molecule has 25 heavy (non-hydrogen) atoms. The Morgan fingerprint density at radius 3 is 2.64 bits per heavy atom. The molecule has 0 heterocycles. The molecule has 1 amide bonds. The zero-order valence-electron chi connectivity index (χ0n) is 13.6. The number of amides is 1. The zero-order valence-corrected chi connectivity index (χ0v) is 15.2. The Hall–Kier alpha value is -2.67. The van der Waals surface area contributed by atoms with Crippen molar-refractivity contribution in [2.45, 2.75) is 6.92 Å². The summed E-state index contributed by atoms with van der Waals surface area (Å²) in [5, 5.41) is 3.94. The number of esters is 1. The SMILES string of the molecule is CCOC(=O)COc1ccccc1/C=N\NC(=O)c1ccccc1Br. The second-order valence-corrected chi connectivity index (χ2v) is 5.66. The maximum atomic E-state index is 12.1. The van der Waals surface area contributed by atoms with Crippen molar-refractivity contribution >= 4 is 34.0 Å². The largest absolute Gasteiger partial charge is 0.481 e. The van der Waals surface area contributed by atoms with E-state index in [4.69, 9.17) is 9.47 Å². The molecule has 6 nitrogen and oxygen atoms in total. The first-order chi connectivity index (χ1) is 12.1. The summed E-state index contributed by atoms with van der Waals surface area (Å²) in [6, 6.07) is 14.1. The molecular weight excluding hydrogens is 388 g/mol. The van der Waals surface area contributed by atoms with Crippen LogP contribution in [0.25, 0.3) is 0 Å². The molecule has 0 unspecified atom stereocenters. The van der Waals surface area contributed by atoms with Crippen LogP contribution in [0, 0.1) is 0 Å². The molecule has 0 saturated heterocycles. The minimum atomic E-state index is -0.448. The molecule has 0 bridgehead atoms. The van der Waals surface area contributed by atoms with E-state index in [1.54, 1.807) is 49.4 Å². The second kappa shape index (κ2) is 9.58. The monoisotopic (exact) mass is 404 g/mol. The number of hydrogen-bond acceptors (Lipinski definition) is 5. The van der Waals surface area contributed by atoms with Gasteiger partial charge in [-0.05, 0) is 47.1 Å². The smallest absolute Gasteiger partial charge is 0.344 e. The van der Waals surface area contributed by atoms with E-state index in [0.717, 1.165) is 0 Å². The average Bonchev–Trinajstić information content (AvgIpc) is 2.61. The molecule has 0 atom stereocenters. The molecule has 0 saturated carbocycles. The van der Waals surface area contributed by atoms with Gasteiger partial charge in [0.1, 0.15) is 5.75 Å². The Kier molecular flexibility index (Phi) is 7.16. The Bertz CT molecular complexity index is 777. The fourth-order valence-electron chi connectivity index (χ4n) is 1.92. The maximum Gasteiger partial charge on any atom is 0.344 e. The molecule has 0 spiro atoms. The lowest BCUT2D eigenvalue weighted by atomic mass is 10.2. The summed E-state index contributed by atoms with van der Waals surface area (Å²) >= 11 is 3.32. The minimum Gasteiger partial charge on any atom is -0.481 e. The number of ether oxygens (including phenoxy) is 2. The summed E-state index contributed by atoms with van der Waals surface area (Å²) < 4.78 is 10.9. The fourth-order valence-corrected chi connectivity index (χ4v) is 2.39. The quantitative estimate of drug-likeness (QED) is 0.436. The highest BCUT2D eigenvalue weighted by atomic mass is 79.9. The van der Waals surface area contributed by atoms with Gasteiger partial charge in [0.25, 0.3) is 5.91 Å². The number of nitrogens with one attached hydrogen (secondary N) is 1. The van der Waals surface area contributed by atoms with E-state index < -0.39 is 5.97 Å². The fraction of sp³-hybridized carbons (Fsp3) is 0.167. The third-order valence-corrected chi connectivity index (χ3v) is 3.75. The van der Waals surface area contributed by atoms with E-state index in [2.05, 4.69) is 26.5 Å². The third-order valence-electron chi connectivity index (χ3n) is 3.06. The summed E-state index contributed by atoms with van der Waals surface area (Å²) in [7, 11) is 0. The van der Waals surface area contributed by atoms with Gasteiger partial charge in [-0.3, -0.25) is 4.79 Å². The highest BCUT2D eigenvalue weighted by Crippen LogP contribution is 2.17. The number of carbonyl (C=O) groups is 2. The Labute approximate surface area is 154 Å². The van der Waals surface area contributed by atoms with Gasteiger partial charge in [0.15, 0.2) is 6.61 Å². The lowest BCUT2D eigenvalue weighted by Crippen LogP contribution is -2.18. The Morgan fingerprint density at radius 1 is 1.16 bits per heavy atom. The number of para-hydroxylation sites is 1. The van der Waals surface area contributed by atoms with Gasteiger partial charge in [0, 0.05) is 10.0 Å². The number of nitrogens with zero attached hydrogens (tertiary/aromatic N) is 1. The van der Waals surface area contributed by atoms with E-state index in [-0.39, 0.29) is 12.5 Å². The molecule has 2 rings (SSSR count). The van der Waals surface area contributed by atoms with Crippen LogP contribution < -0.4 is 10.2 Å². The lowest BCUT2D eigenvalue weighted by molar-refractivity contribution is -0.145. The summed E-state index contributed by atoms with van der Waals surface area (Å²) in [4.78, 5) is 23.5. The Morgan fingerprint density at radius 2 is 1.88 bits per heavy atom. The molecule has 130 valence electrons. The number of hydrogen-bond donors (Lipinski definition) is 1. The van der Waals surface area contributed by atoms with Gasteiger partial charge < -0.3 is 9.47 Å². The standard InChI is InChI=1S/C18H17BrN2O4/c1-2-24-17(22)12-25-16-10-6-3-7-13(16)11-20-21-18(23)14-8-4-5-9-15(14)19/h3-11H,2,12H2,1H3,(H,21,23)/b20-11-. The first kappa shape index (κ1) is 18.7. The molecular formula is C18H17BrN2O4. The second-order valence-electron chi connectivity index (χ2n) is 4.81. The van der Waals surface area contributed by atoms with E-state index in [1.807, 2.05) is 6.07 Å². The number of carbonyl (C=O) groups excluding carboxylic acids is 2. The van der Waals surface area contributed by atoms with E-state index in [9.17, 15) is 9.59 Å². The number of hydrazone groups is 1. The van der Waals surface area contributed by atoms with Crippen LogP contribution in [-0.4, -0.2) is 31.3 Å². The molecule has 0 aliphatic heterocycles. The molecule has 0 aromatic heterocycles. The number of benzene rings is 2. The first-order valence-electron chi connectivity index (χ1n) is 7.57. The average molecular weight is 405 g/mol. The molecule has 1 N–H and O–H groups in total. The van der Waals surface area contributed by atoms with Crippen molar-refractivity contribution in [2.24, 2.45) is 5.10 Å². The van der Waals surface area contributed by atoms with Crippen molar-refractivity contribution in [3.8, 4) is 5.75 Å². The van der Waals surface area contributed by atoms with Gasteiger partial charge >= 0.3 is 5.97 Å². The first-order valence-corrected chi connectivity index (χ1v) is 8.36. The lowest BCUT2D eigenvalue weighted by Gasteiger charge is -2.08. The molecule has 0 aliphatic rings. The van der Waals surface area contributed by atoms with Gasteiger partial charge in [0.2, 0.25) is 0 Å². The van der Waals surface area contributed by atoms with Crippen molar-refractivity contribution < 1.29 is 19.1 Å². The maximum absolute atomic E-state index is 12.1. The van der Waals surface area contributed by atoms with Crippen LogP contribution in [0.5, 0.6) is 5.75 Å². The molecule has 7 heteroatoms. The van der Waals surface area contributed by atoms with Gasteiger partial charge in [-0.2, -0.15) is 5.10 Å². The van der Waals surface area contributed by atoms with Crippen molar-refractivity contribution in [3.63, 3.8) is 0 Å². The minimum absolute atomic E-state index is 0.192. The van der Waals surface area contributed by atoms with Crippen LogP contribution in [0.15, 0.2) is 58.1 Å². The number of rotatable bonds is 7. The Balaban J connectivity index is 2.00. The van der Waals surface area contributed by atoms with E-state index >= 15 is 0 Å². The van der Waals surface area contributed by atoms with Crippen LogP contribution >= 0.6 is 15.9 Å². The van der Waals surface area contributed by atoms with Crippen molar-refractivity contribution in [1.29, 1.82) is 0 Å². The summed E-state index contributed by atoms with van der Waals surface area (Å²) in [6.45, 7) is 1.83. The van der Waals surface area contributed by atoms with E-state index in [0.29, 0.717) is 28.0 Å². The molecule has 2 aromatic rings. The summed E-state index contributed by atoms with van der Waals surface area (Å²) in [5.41, 5.74) is 3.56. The zero-order chi connectivity index (χ0) is 18.1. The van der Waals surface area contributed by atoms with Crippen LogP contribution in [0.2, 0.25) is 0 Å². The topological polar surface area (TPSA) is 77.0 Å². The molecule has 0 aliphatic carbocycles. The third kappa shape index (κ3) is 5.72. The normalized spacial score (nSPS) is 10.5. The van der Waals surface area contributed by atoms with Crippen molar-refractivity contribution in [1.82, 2.24) is 5.43 Å². The van der Waals surface area contributed by atoms with Crippen molar-refractivity contribution in [2.75, 3.05) is 13.2 Å². The predicted molar refractivity (Wildman–Crippen MR) is 97.8 cm³/mol. The molecule has 0 radical (unpaired) electrons. The van der Waals surface area contributed by atoms with Crippen LogP contribution in [0.1, 0.15) is 22.8 Å². The van der Waals surface area contributed by atoms with Gasteiger partial charge in [-0.25, -0.2) is 10.2 Å². The van der Waals surface area contributed by atoms with Crippen molar-refractivity contribution in [3.05, 3.63) is 64.1 Å². The summed E-state index contributed by atoms with van der Waals surface area (Å²) in [6.07, 6.45) is 1.45. The molecule has 0 fully saturated rings. The van der Waals surface area contributed by atoms with Crippen LogP contribution in [-0.2, 0) is 9.53 Å². The highest BCUT2D eigenvalue weighted by Gasteiger charge is 2.08. The highest BCUT2D eigenvalue weighted by molar-refractivity contribution is 9.10. The van der Waals surface area contributed by atoms with Gasteiger partial charge in [-0.15, -0.1) is 0 Å². The molecule has 2 aromatic carbocycles. The van der Waals surface area contributed by atoms with Crippen LogP contribution in [0.4, 0.5) is 0 Å². The van der Waals surface area contributed by atoms with E-state index in [1.165, 1.54) is 6.21 Å². The van der Waals surface area contributed by atoms with Gasteiger partial charge in [-0.1, -0.05) is 24.3 Å². The van der Waals surface area contributed by atoms with Gasteiger partial charge in [0.05, 0.1) is 18.4 Å². The predicted octanol–water partition coefficient (Wildman–Crippen LogP) is 3.15. The number of halogens is 1. The summed E-state index contributed by atoms with van der Waals surface area (Å²) in [5.74, 6) is -0.320. The van der Waals surface area contributed by atoms with Crippen LogP contribution in [0.3, 0.4) is 0 Å².